The van der Waals surface area contributed by atoms with Crippen LogP contribution < -0.4 is 16.2 Å². The first-order valence-electron chi connectivity index (χ1n) is 6.57. The van der Waals surface area contributed by atoms with Gasteiger partial charge in [-0.3, -0.25) is 5.43 Å². The first kappa shape index (κ1) is 13.8. The molecule has 0 spiro atoms. The maximum absolute atomic E-state index is 5.47. The summed E-state index contributed by atoms with van der Waals surface area (Å²) in [5.74, 6) is 7.68. The summed E-state index contributed by atoms with van der Waals surface area (Å²) < 4.78 is 5.35. The smallest absolute Gasteiger partial charge is 0.240 e. The van der Waals surface area contributed by atoms with Gasteiger partial charge >= 0.3 is 0 Å². The van der Waals surface area contributed by atoms with Gasteiger partial charge in [0.25, 0.3) is 0 Å². The fourth-order valence-electron chi connectivity index (χ4n) is 2.29. The summed E-state index contributed by atoms with van der Waals surface area (Å²) in [4.78, 5) is 13.1. The third kappa shape index (κ3) is 2.57. The molecule has 110 valence electrons. The number of furan rings is 1. The molecule has 0 saturated carbocycles. The Bertz CT molecular complexity index is 779. The summed E-state index contributed by atoms with van der Waals surface area (Å²) in [6.45, 7) is 4.74. The van der Waals surface area contributed by atoms with Crippen molar-refractivity contribution in [3.8, 4) is 0 Å². The Balaban J connectivity index is 2.03. The normalized spacial score (nSPS) is 11.0. The number of aromatic nitrogens is 2. The van der Waals surface area contributed by atoms with E-state index in [9.17, 15) is 0 Å². The van der Waals surface area contributed by atoms with E-state index in [1.807, 2.05) is 20.0 Å². The van der Waals surface area contributed by atoms with E-state index < -0.39 is 0 Å². The van der Waals surface area contributed by atoms with Crippen molar-refractivity contribution in [2.24, 2.45) is 5.84 Å². The Hall–Kier alpha value is -2.12. The van der Waals surface area contributed by atoms with E-state index in [0.717, 1.165) is 27.4 Å². The lowest BCUT2D eigenvalue weighted by Crippen LogP contribution is -2.20. The number of nitrogens with one attached hydrogen (secondary N) is 1. The highest BCUT2D eigenvalue weighted by Crippen LogP contribution is 2.31. The molecule has 0 atom stereocenters. The van der Waals surface area contributed by atoms with E-state index in [0.29, 0.717) is 12.5 Å². The van der Waals surface area contributed by atoms with Crippen LogP contribution in [-0.2, 0) is 6.54 Å². The number of fused-ring (bicyclic) bond motifs is 1. The molecular weight excluding hydrogens is 286 g/mol. The maximum atomic E-state index is 5.47. The number of hydrogen-bond donors (Lipinski definition) is 2. The molecule has 21 heavy (non-hydrogen) atoms. The molecule has 3 N–H and O–H groups in total. The Morgan fingerprint density at radius 2 is 2.19 bits per heavy atom. The number of aryl methyl sites for hydroxylation is 2. The highest BCUT2D eigenvalue weighted by molar-refractivity contribution is 7.18. The second kappa shape index (κ2) is 5.34. The zero-order chi connectivity index (χ0) is 15.0. The third-order valence-electron chi connectivity index (χ3n) is 3.36. The number of nitrogens with two attached hydrogens (primary N) is 1. The Morgan fingerprint density at radius 3 is 2.86 bits per heavy atom. The van der Waals surface area contributed by atoms with Crippen LogP contribution in [0.5, 0.6) is 0 Å². The predicted octanol–water partition coefficient (Wildman–Crippen LogP) is 2.82. The van der Waals surface area contributed by atoms with E-state index in [1.165, 1.54) is 4.88 Å². The van der Waals surface area contributed by atoms with E-state index in [4.69, 9.17) is 10.3 Å². The van der Waals surface area contributed by atoms with Crippen LogP contribution in [0.1, 0.15) is 16.2 Å². The zero-order valence-electron chi connectivity index (χ0n) is 12.2. The van der Waals surface area contributed by atoms with E-state index in [1.54, 1.807) is 17.6 Å². The van der Waals surface area contributed by atoms with Crippen molar-refractivity contribution in [3.05, 3.63) is 34.6 Å². The van der Waals surface area contributed by atoms with Gasteiger partial charge in [0.15, 0.2) is 0 Å². The van der Waals surface area contributed by atoms with Crippen molar-refractivity contribution < 1.29 is 4.42 Å². The first-order chi connectivity index (χ1) is 10.1. The molecule has 0 bridgehead atoms. The Morgan fingerprint density at radius 1 is 1.38 bits per heavy atom. The molecule has 0 saturated heterocycles. The summed E-state index contributed by atoms with van der Waals surface area (Å²) in [6.07, 6.45) is 1.70. The molecule has 0 radical (unpaired) electrons. The summed E-state index contributed by atoms with van der Waals surface area (Å²) in [5.41, 5.74) is 3.67. The molecule has 0 unspecified atom stereocenters. The molecule has 0 amide bonds. The minimum atomic E-state index is 0.426. The molecule has 3 rings (SSSR count). The first-order valence-corrected chi connectivity index (χ1v) is 7.39. The molecule has 0 aliphatic rings. The van der Waals surface area contributed by atoms with Gasteiger partial charge < -0.3 is 9.32 Å². The molecule has 0 aromatic carbocycles. The number of thiophene rings is 1. The lowest BCUT2D eigenvalue weighted by atomic mass is 10.2. The van der Waals surface area contributed by atoms with Crippen molar-refractivity contribution in [3.63, 3.8) is 0 Å². The minimum Gasteiger partial charge on any atom is -0.469 e. The van der Waals surface area contributed by atoms with Crippen LogP contribution in [0.2, 0.25) is 0 Å². The quantitative estimate of drug-likeness (QED) is 0.570. The summed E-state index contributed by atoms with van der Waals surface area (Å²) in [7, 11) is 2.00. The molecule has 0 aliphatic heterocycles. The Kier molecular flexibility index (Phi) is 3.52. The number of nitrogens with zero attached hydrogens (tertiary/aromatic N) is 3. The number of rotatable bonds is 4. The van der Waals surface area contributed by atoms with Gasteiger partial charge in [0, 0.05) is 24.0 Å². The number of nitrogen functional groups attached to an aromatic ring is 1. The van der Waals surface area contributed by atoms with Gasteiger partial charge in [-0.15, -0.1) is 11.3 Å². The minimum absolute atomic E-state index is 0.426. The van der Waals surface area contributed by atoms with E-state index in [2.05, 4.69) is 33.3 Å². The van der Waals surface area contributed by atoms with Gasteiger partial charge in [-0.1, -0.05) is 0 Å². The number of hydrazine groups is 1. The third-order valence-corrected chi connectivity index (χ3v) is 4.30. The Labute approximate surface area is 126 Å². The molecule has 3 aromatic rings. The number of anilines is 2. The molecule has 6 nitrogen and oxygen atoms in total. The lowest BCUT2D eigenvalue weighted by molar-refractivity contribution is 0.529. The zero-order valence-corrected chi connectivity index (χ0v) is 13.0. The molecule has 0 aliphatic carbocycles. The van der Waals surface area contributed by atoms with Crippen LogP contribution in [0.4, 0.5) is 11.8 Å². The molecular formula is C14H17N5OS. The molecule has 3 aromatic heterocycles. The summed E-state index contributed by atoms with van der Waals surface area (Å²) in [5, 5.41) is 1.04. The van der Waals surface area contributed by atoms with Gasteiger partial charge in [-0.2, -0.15) is 4.98 Å². The highest BCUT2D eigenvalue weighted by Gasteiger charge is 2.15. The lowest BCUT2D eigenvalue weighted by Gasteiger charge is -2.19. The van der Waals surface area contributed by atoms with Crippen LogP contribution in [0, 0.1) is 13.8 Å². The SMILES string of the molecule is Cc1cc2c(N(C)Cc3ccoc3C)nc(NN)nc2s1. The van der Waals surface area contributed by atoms with Crippen molar-refractivity contribution in [2.45, 2.75) is 20.4 Å². The van der Waals surface area contributed by atoms with Gasteiger partial charge in [-0.25, -0.2) is 10.8 Å². The summed E-state index contributed by atoms with van der Waals surface area (Å²) >= 11 is 1.63. The molecule has 0 fully saturated rings. The largest absolute Gasteiger partial charge is 0.469 e. The van der Waals surface area contributed by atoms with E-state index in [-0.39, 0.29) is 0 Å². The standard InChI is InChI=1S/C14H17N5OS/c1-8-6-11-12(16-14(18-15)17-13(11)21-8)19(3)7-10-4-5-20-9(10)2/h4-6H,7,15H2,1-3H3,(H,16,17,18). The van der Waals surface area contributed by atoms with E-state index >= 15 is 0 Å². The summed E-state index contributed by atoms with van der Waals surface area (Å²) in [6, 6.07) is 4.08. The van der Waals surface area contributed by atoms with Crippen molar-refractivity contribution in [1.82, 2.24) is 9.97 Å². The van der Waals surface area contributed by atoms with Crippen molar-refractivity contribution >= 4 is 33.3 Å². The van der Waals surface area contributed by atoms with Gasteiger partial charge in [0.2, 0.25) is 5.95 Å². The highest BCUT2D eigenvalue weighted by atomic mass is 32.1. The fourth-order valence-corrected chi connectivity index (χ4v) is 3.16. The van der Waals surface area contributed by atoms with Gasteiger partial charge in [-0.05, 0) is 26.0 Å². The van der Waals surface area contributed by atoms with Gasteiger partial charge in [0.1, 0.15) is 16.4 Å². The van der Waals surface area contributed by atoms with Crippen molar-refractivity contribution in [1.29, 1.82) is 0 Å². The molecule has 7 heteroatoms. The fraction of sp³-hybridized carbons (Fsp3) is 0.286. The molecule has 3 heterocycles. The van der Waals surface area contributed by atoms with Crippen LogP contribution in [0.15, 0.2) is 22.8 Å². The van der Waals surface area contributed by atoms with Crippen molar-refractivity contribution in [2.75, 3.05) is 17.4 Å². The van der Waals surface area contributed by atoms with Crippen LogP contribution >= 0.6 is 11.3 Å². The average molecular weight is 303 g/mol. The van der Waals surface area contributed by atoms with Crippen LogP contribution in [0.25, 0.3) is 10.2 Å². The van der Waals surface area contributed by atoms with Gasteiger partial charge in [0.05, 0.1) is 11.6 Å². The predicted molar refractivity (Wildman–Crippen MR) is 85.5 cm³/mol. The topological polar surface area (TPSA) is 80.2 Å². The maximum Gasteiger partial charge on any atom is 0.240 e. The van der Waals surface area contributed by atoms with Crippen LogP contribution in [-0.4, -0.2) is 17.0 Å². The second-order valence-electron chi connectivity index (χ2n) is 4.95. The van der Waals surface area contributed by atoms with Crippen LogP contribution in [0.3, 0.4) is 0 Å². The number of hydrogen-bond acceptors (Lipinski definition) is 7. The second-order valence-corrected chi connectivity index (χ2v) is 6.18. The monoisotopic (exact) mass is 303 g/mol. The average Bonchev–Trinajstić information content (AvgIpc) is 3.02.